The second-order valence-electron chi connectivity index (χ2n) is 8.63. The van der Waals surface area contributed by atoms with E-state index in [1.54, 1.807) is 0 Å². The highest BCUT2D eigenvalue weighted by Gasteiger charge is 2.30. The predicted octanol–water partition coefficient (Wildman–Crippen LogP) is 6.25. The Kier molecular flexibility index (Phi) is 4.70. The monoisotopic (exact) mass is 452 g/mol. The zero-order valence-electron chi connectivity index (χ0n) is 18.2. The third-order valence-corrected chi connectivity index (χ3v) is 6.69. The summed E-state index contributed by atoms with van der Waals surface area (Å²) in [6.07, 6.45) is 2.32. The maximum absolute atomic E-state index is 9.68. The fourth-order valence-corrected chi connectivity index (χ4v) is 4.85. The van der Waals surface area contributed by atoms with Crippen LogP contribution in [0.5, 0.6) is 5.75 Å². The standard InChI is InChI=1S/C27H21ClN4O/c1-16(13-29)25-19-12-11-18(30-22(19)15-33-24-8-3-2-5-20(24)25)14-32-23-7-4-6-21(28)26(23)31-27(32)17-9-10-17/h2-8,11-12,17H,9-10,14-15H2,1H3/b25-16+. The minimum absolute atomic E-state index is 0.356. The fraction of sp³-hybridized carbons (Fsp3) is 0.222. The van der Waals surface area contributed by atoms with Gasteiger partial charge in [0.15, 0.2) is 0 Å². The van der Waals surface area contributed by atoms with Crippen LogP contribution < -0.4 is 4.74 Å². The van der Waals surface area contributed by atoms with Gasteiger partial charge in [-0.15, -0.1) is 0 Å². The number of allylic oxidation sites excluding steroid dienone is 1. The average molecular weight is 453 g/mol. The van der Waals surface area contributed by atoms with Crippen molar-refractivity contribution in [2.24, 2.45) is 0 Å². The van der Waals surface area contributed by atoms with Gasteiger partial charge in [0.05, 0.1) is 34.5 Å². The molecule has 2 aromatic heterocycles. The van der Waals surface area contributed by atoms with Crippen molar-refractivity contribution in [3.63, 3.8) is 0 Å². The van der Waals surface area contributed by atoms with Gasteiger partial charge in [0, 0.05) is 28.2 Å². The highest BCUT2D eigenvalue weighted by Crippen LogP contribution is 2.42. The van der Waals surface area contributed by atoms with E-state index >= 15 is 0 Å². The lowest BCUT2D eigenvalue weighted by molar-refractivity contribution is 0.302. The number of para-hydroxylation sites is 2. The minimum Gasteiger partial charge on any atom is -0.487 e. The highest BCUT2D eigenvalue weighted by molar-refractivity contribution is 6.34. The van der Waals surface area contributed by atoms with Crippen LogP contribution in [0.3, 0.4) is 0 Å². The molecule has 5 nitrogen and oxygen atoms in total. The first-order chi connectivity index (χ1) is 16.1. The number of imidazole rings is 1. The summed E-state index contributed by atoms with van der Waals surface area (Å²) in [6.45, 7) is 2.81. The number of rotatable bonds is 3. The van der Waals surface area contributed by atoms with Gasteiger partial charge in [-0.25, -0.2) is 4.98 Å². The number of fused-ring (bicyclic) bond motifs is 3. The van der Waals surface area contributed by atoms with Crippen LogP contribution in [0.1, 0.15) is 54.0 Å². The van der Waals surface area contributed by atoms with Crippen molar-refractivity contribution in [3.8, 4) is 11.8 Å². The summed E-state index contributed by atoms with van der Waals surface area (Å²) < 4.78 is 8.35. The second kappa shape index (κ2) is 7.75. The van der Waals surface area contributed by atoms with Crippen molar-refractivity contribution in [2.75, 3.05) is 0 Å². The molecule has 0 amide bonds. The smallest absolute Gasteiger partial charge is 0.131 e. The van der Waals surface area contributed by atoms with E-state index in [2.05, 4.69) is 22.8 Å². The van der Waals surface area contributed by atoms with E-state index in [0.29, 0.717) is 29.7 Å². The van der Waals surface area contributed by atoms with Crippen LogP contribution in [0.25, 0.3) is 16.6 Å². The van der Waals surface area contributed by atoms with Gasteiger partial charge in [-0.3, -0.25) is 4.98 Å². The van der Waals surface area contributed by atoms with Crippen LogP contribution in [0, 0.1) is 11.3 Å². The number of nitrogens with zero attached hydrogens (tertiary/aromatic N) is 4. The summed E-state index contributed by atoms with van der Waals surface area (Å²) >= 11 is 6.45. The molecule has 3 heterocycles. The van der Waals surface area contributed by atoms with Gasteiger partial charge in [-0.05, 0) is 44.0 Å². The first-order valence-corrected chi connectivity index (χ1v) is 11.5. The second-order valence-corrected chi connectivity index (χ2v) is 9.04. The highest BCUT2D eigenvalue weighted by atomic mass is 35.5. The van der Waals surface area contributed by atoms with Crippen molar-refractivity contribution in [2.45, 2.75) is 38.8 Å². The number of hydrogen-bond acceptors (Lipinski definition) is 4. The number of ether oxygens (including phenoxy) is 1. The number of aromatic nitrogens is 3. The maximum atomic E-state index is 9.68. The van der Waals surface area contributed by atoms with E-state index < -0.39 is 0 Å². The molecule has 0 atom stereocenters. The molecular weight excluding hydrogens is 432 g/mol. The molecule has 2 aliphatic rings. The van der Waals surface area contributed by atoms with Gasteiger partial charge in [-0.1, -0.05) is 41.9 Å². The van der Waals surface area contributed by atoms with Crippen molar-refractivity contribution < 1.29 is 4.74 Å². The van der Waals surface area contributed by atoms with Crippen molar-refractivity contribution in [3.05, 3.63) is 93.5 Å². The Balaban J connectivity index is 1.46. The molecule has 162 valence electrons. The lowest BCUT2D eigenvalue weighted by atomic mass is 9.93. The molecule has 1 saturated carbocycles. The lowest BCUT2D eigenvalue weighted by Crippen LogP contribution is -2.09. The summed E-state index contributed by atoms with van der Waals surface area (Å²) in [5.74, 6) is 2.34. The van der Waals surface area contributed by atoms with Crippen LogP contribution in [0.15, 0.2) is 60.2 Å². The molecule has 1 aliphatic carbocycles. The molecule has 0 unspecified atom stereocenters. The Morgan fingerprint density at radius 1 is 1.09 bits per heavy atom. The lowest BCUT2D eigenvalue weighted by Gasteiger charge is -2.13. The van der Waals surface area contributed by atoms with Crippen molar-refractivity contribution in [1.29, 1.82) is 5.26 Å². The number of halogens is 1. The van der Waals surface area contributed by atoms with E-state index in [9.17, 15) is 5.26 Å². The van der Waals surface area contributed by atoms with Crippen molar-refractivity contribution >= 4 is 28.2 Å². The normalized spacial score (nSPS) is 16.4. The van der Waals surface area contributed by atoms with Gasteiger partial charge in [0.25, 0.3) is 0 Å². The Bertz CT molecular complexity index is 1490. The molecular formula is C27H21ClN4O. The molecule has 0 saturated heterocycles. The molecule has 1 fully saturated rings. The number of benzene rings is 2. The molecule has 33 heavy (non-hydrogen) atoms. The SMILES string of the molecule is C/C(C#N)=C1\c2ccccc2OCc2nc(Cn3c(C4CC4)nc4c(Cl)cccc43)ccc21. The van der Waals surface area contributed by atoms with Gasteiger partial charge in [-0.2, -0.15) is 5.26 Å². The van der Waals surface area contributed by atoms with Gasteiger partial charge in [0.1, 0.15) is 23.7 Å². The van der Waals surface area contributed by atoms with E-state index in [-0.39, 0.29) is 0 Å². The quantitative estimate of drug-likeness (QED) is 0.345. The molecule has 4 aromatic rings. The van der Waals surface area contributed by atoms with Crippen LogP contribution >= 0.6 is 11.6 Å². The third-order valence-electron chi connectivity index (χ3n) is 6.39. The molecule has 2 aromatic carbocycles. The van der Waals surface area contributed by atoms with Gasteiger partial charge in [0.2, 0.25) is 0 Å². The van der Waals surface area contributed by atoms with E-state index in [0.717, 1.165) is 63.5 Å². The molecule has 6 rings (SSSR count). The maximum Gasteiger partial charge on any atom is 0.131 e. The molecule has 0 bridgehead atoms. The fourth-order valence-electron chi connectivity index (χ4n) is 4.63. The zero-order chi connectivity index (χ0) is 22.5. The Hall–Kier alpha value is -3.62. The van der Waals surface area contributed by atoms with Crippen LogP contribution in [-0.2, 0) is 13.2 Å². The summed E-state index contributed by atoms with van der Waals surface area (Å²) in [6, 6.07) is 20.2. The molecule has 0 radical (unpaired) electrons. The molecule has 0 spiro atoms. The van der Waals surface area contributed by atoms with Gasteiger partial charge >= 0.3 is 0 Å². The summed E-state index contributed by atoms with van der Waals surface area (Å²) in [5.41, 5.74) is 7.06. The van der Waals surface area contributed by atoms with Crippen LogP contribution in [0.2, 0.25) is 5.02 Å². The summed E-state index contributed by atoms with van der Waals surface area (Å²) in [7, 11) is 0. The average Bonchev–Trinajstić information content (AvgIpc) is 3.63. The minimum atomic E-state index is 0.356. The Morgan fingerprint density at radius 3 is 2.76 bits per heavy atom. The van der Waals surface area contributed by atoms with E-state index in [1.807, 2.05) is 49.4 Å². The zero-order valence-corrected chi connectivity index (χ0v) is 18.9. The number of hydrogen-bond donors (Lipinski definition) is 0. The Labute approximate surface area is 196 Å². The first kappa shape index (κ1) is 20.0. The van der Waals surface area contributed by atoms with Crippen molar-refractivity contribution in [1.82, 2.24) is 14.5 Å². The third kappa shape index (κ3) is 3.39. The summed E-state index contributed by atoms with van der Waals surface area (Å²) in [5, 5.41) is 10.4. The first-order valence-electron chi connectivity index (χ1n) is 11.1. The predicted molar refractivity (Wildman–Crippen MR) is 128 cm³/mol. The van der Waals surface area contributed by atoms with E-state index in [1.165, 1.54) is 0 Å². The Morgan fingerprint density at radius 2 is 1.94 bits per heavy atom. The molecule has 6 heteroatoms. The number of pyridine rings is 1. The van der Waals surface area contributed by atoms with Crippen LogP contribution in [0.4, 0.5) is 0 Å². The van der Waals surface area contributed by atoms with E-state index in [4.69, 9.17) is 26.3 Å². The van der Waals surface area contributed by atoms with Gasteiger partial charge < -0.3 is 9.30 Å². The topological polar surface area (TPSA) is 63.7 Å². The molecule has 0 N–H and O–H groups in total. The number of nitriles is 1. The summed E-state index contributed by atoms with van der Waals surface area (Å²) in [4.78, 5) is 9.88. The molecule has 1 aliphatic heterocycles. The van der Waals surface area contributed by atoms with Crippen LogP contribution in [-0.4, -0.2) is 14.5 Å². The largest absolute Gasteiger partial charge is 0.487 e.